The lowest BCUT2D eigenvalue weighted by Gasteiger charge is -2.44. The van der Waals surface area contributed by atoms with Gasteiger partial charge in [0.25, 0.3) is 11.8 Å². The Labute approximate surface area is 178 Å². The third-order valence-corrected chi connectivity index (χ3v) is 4.72. The highest BCUT2D eigenvalue weighted by atomic mass is 19.1. The number of halogens is 2. The minimum Gasteiger partial charge on any atom is -0.503 e. The molecule has 3 heterocycles. The van der Waals surface area contributed by atoms with Crippen LogP contribution in [-0.2, 0) is 17.8 Å². The van der Waals surface area contributed by atoms with Crippen LogP contribution in [0.3, 0.4) is 0 Å². The van der Waals surface area contributed by atoms with Crippen LogP contribution in [0.2, 0.25) is 0 Å². The normalized spacial score (nSPS) is 27.3. The SMILES string of the molecule is [2H]C([2H])(NC(=O)c1cn2c(c(O)c1=O)C(=O)N1[C@H](C2)OC([2H])([2H])C([2H])([2H])[C@H]1C)c1ccc(F)cc1F. The van der Waals surface area contributed by atoms with E-state index in [0.29, 0.717) is 6.07 Å². The van der Waals surface area contributed by atoms with E-state index in [1.54, 1.807) is 5.32 Å². The van der Waals surface area contributed by atoms with E-state index in [-0.39, 0.29) is 0 Å². The number of rotatable bonds is 3. The van der Waals surface area contributed by atoms with Gasteiger partial charge in [0, 0.05) is 33.1 Å². The summed E-state index contributed by atoms with van der Waals surface area (Å²) < 4.78 is 81.1. The Morgan fingerprint density at radius 3 is 2.93 bits per heavy atom. The fraction of sp³-hybridized carbons (Fsp3) is 0.350. The Bertz CT molecular complexity index is 1350. The van der Waals surface area contributed by atoms with Gasteiger partial charge in [-0.15, -0.1) is 0 Å². The van der Waals surface area contributed by atoms with Crippen LogP contribution in [0.1, 0.15) is 47.9 Å². The van der Waals surface area contributed by atoms with E-state index in [9.17, 15) is 28.3 Å². The van der Waals surface area contributed by atoms with E-state index < -0.39 is 89.7 Å². The first kappa shape index (κ1) is 13.9. The van der Waals surface area contributed by atoms with Crippen LogP contribution in [0.5, 0.6) is 5.75 Å². The molecule has 4 rings (SSSR count). The summed E-state index contributed by atoms with van der Waals surface area (Å²) >= 11 is 0. The molecule has 10 heteroatoms. The minimum absolute atomic E-state index is 0.405. The summed E-state index contributed by atoms with van der Waals surface area (Å²) in [4.78, 5) is 39.4. The van der Waals surface area contributed by atoms with Crippen LogP contribution in [-0.4, -0.2) is 45.2 Å². The number of ether oxygens (including phenoxy) is 1. The Hall–Kier alpha value is -3.27. The van der Waals surface area contributed by atoms with Crippen molar-refractivity contribution in [1.82, 2.24) is 14.8 Å². The van der Waals surface area contributed by atoms with Crippen molar-refractivity contribution in [2.75, 3.05) is 6.56 Å². The second kappa shape index (κ2) is 7.52. The highest BCUT2D eigenvalue weighted by molar-refractivity contribution is 5.99. The van der Waals surface area contributed by atoms with Gasteiger partial charge in [-0.25, -0.2) is 8.78 Å². The van der Waals surface area contributed by atoms with Crippen LogP contribution in [0.25, 0.3) is 0 Å². The molecule has 0 unspecified atom stereocenters. The fourth-order valence-electron chi connectivity index (χ4n) is 3.25. The number of nitrogens with zero attached hydrogens (tertiary/aromatic N) is 2. The zero-order valence-electron chi connectivity index (χ0n) is 21.4. The molecule has 0 aliphatic carbocycles. The summed E-state index contributed by atoms with van der Waals surface area (Å²) in [6.45, 7) is -4.88. The number of amides is 2. The average molecular weight is 425 g/mol. The van der Waals surface area contributed by atoms with Crippen LogP contribution >= 0.6 is 0 Å². The maximum atomic E-state index is 14.1. The fourth-order valence-corrected chi connectivity index (χ4v) is 3.25. The quantitative estimate of drug-likeness (QED) is 0.773. The summed E-state index contributed by atoms with van der Waals surface area (Å²) in [6.07, 6.45) is -3.18. The second-order valence-corrected chi connectivity index (χ2v) is 6.63. The Morgan fingerprint density at radius 2 is 2.20 bits per heavy atom. The average Bonchev–Trinajstić information content (AvgIpc) is 2.73. The van der Waals surface area contributed by atoms with Crippen molar-refractivity contribution < 1.29 is 36.4 Å². The molecule has 0 spiro atoms. The zero-order valence-corrected chi connectivity index (χ0v) is 15.4. The molecule has 2 atom stereocenters. The number of nitrogens with one attached hydrogen (secondary N) is 1. The molecule has 1 saturated heterocycles. The Morgan fingerprint density at radius 1 is 1.43 bits per heavy atom. The van der Waals surface area contributed by atoms with Crippen molar-refractivity contribution in [1.29, 1.82) is 0 Å². The van der Waals surface area contributed by atoms with Crippen LogP contribution < -0.4 is 10.7 Å². The predicted octanol–water partition coefficient (Wildman–Crippen LogP) is 1.35. The van der Waals surface area contributed by atoms with Crippen LogP contribution in [0.4, 0.5) is 8.78 Å². The van der Waals surface area contributed by atoms with E-state index >= 15 is 0 Å². The Balaban J connectivity index is 1.72. The maximum Gasteiger partial charge on any atom is 0.276 e. The highest BCUT2D eigenvalue weighted by Gasteiger charge is 2.41. The Kier molecular flexibility index (Phi) is 3.48. The number of fused-ring (bicyclic) bond motifs is 2. The van der Waals surface area contributed by atoms with E-state index in [4.69, 9.17) is 13.0 Å². The van der Waals surface area contributed by atoms with Gasteiger partial charge in [-0.05, 0) is 19.4 Å². The van der Waals surface area contributed by atoms with Gasteiger partial charge in [-0.1, -0.05) is 6.07 Å². The first-order valence-electron chi connectivity index (χ1n) is 11.7. The molecule has 2 aliphatic rings. The lowest BCUT2D eigenvalue weighted by molar-refractivity contribution is -0.112. The molecule has 2 N–H and O–H groups in total. The summed E-state index contributed by atoms with van der Waals surface area (Å²) in [6, 6.07) is 0.584. The summed E-state index contributed by atoms with van der Waals surface area (Å²) in [5.74, 6) is -5.90. The van der Waals surface area contributed by atoms with Gasteiger partial charge in [-0.2, -0.15) is 0 Å². The summed E-state index contributed by atoms with van der Waals surface area (Å²) in [5.41, 5.74) is -3.52. The lowest BCUT2D eigenvalue weighted by Crippen LogP contribution is -2.57. The standard InChI is InChI=1S/C20H19F2N3O5/c1-10-4-5-30-15-9-24-8-13(17(26)18(27)16(24)20(29)25(10)15)19(28)23-7-11-2-3-12(21)6-14(11)22/h2-3,6,8,10,15,27H,4-5,7,9H2,1H3,(H,23,28)/t10-,15+/m1/s1/i4D2,5D2,7D2. The number of carbonyl (C=O) groups excluding carboxylic acids is 2. The van der Waals surface area contributed by atoms with Gasteiger partial charge in [0.15, 0.2) is 17.7 Å². The van der Waals surface area contributed by atoms with Gasteiger partial charge in [0.2, 0.25) is 5.43 Å². The molecule has 30 heavy (non-hydrogen) atoms. The molecular weight excluding hydrogens is 400 g/mol. The van der Waals surface area contributed by atoms with Crippen molar-refractivity contribution in [3.63, 3.8) is 0 Å². The van der Waals surface area contributed by atoms with Crippen molar-refractivity contribution >= 4 is 11.8 Å². The molecule has 0 bridgehead atoms. The topological polar surface area (TPSA) is 101 Å². The first-order chi connectivity index (χ1) is 16.5. The van der Waals surface area contributed by atoms with E-state index in [0.717, 1.165) is 27.8 Å². The van der Waals surface area contributed by atoms with Crippen molar-refractivity contribution in [3.8, 4) is 5.75 Å². The molecule has 0 saturated carbocycles. The molecule has 0 radical (unpaired) electrons. The molecule has 2 aromatic rings. The minimum atomic E-state index is -2.91. The summed E-state index contributed by atoms with van der Waals surface area (Å²) in [5, 5.41) is 12.3. The third-order valence-electron chi connectivity index (χ3n) is 4.72. The molecule has 1 fully saturated rings. The third kappa shape index (κ3) is 3.32. The van der Waals surface area contributed by atoms with E-state index in [1.807, 2.05) is 0 Å². The number of hydrogen-bond acceptors (Lipinski definition) is 5. The zero-order chi connectivity index (χ0) is 27.0. The van der Waals surface area contributed by atoms with Crippen molar-refractivity contribution in [3.05, 3.63) is 63.1 Å². The number of aromatic nitrogens is 1. The number of carbonyl (C=O) groups is 2. The molecule has 2 amide bonds. The van der Waals surface area contributed by atoms with E-state index in [2.05, 4.69) is 0 Å². The van der Waals surface area contributed by atoms with Gasteiger partial charge in [0.05, 0.1) is 18.6 Å². The highest BCUT2D eigenvalue weighted by Crippen LogP contribution is 2.29. The maximum absolute atomic E-state index is 14.1. The van der Waals surface area contributed by atoms with Crippen molar-refractivity contribution in [2.45, 2.75) is 38.6 Å². The second-order valence-electron chi connectivity index (χ2n) is 6.63. The monoisotopic (exact) mass is 425 g/mol. The molecule has 1 aromatic carbocycles. The molecule has 8 nitrogen and oxygen atoms in total. The lowest BCUT2D eigenvalue weighted by atomic mass is 10.1. The largest absolute Gasteiger partial charge is 0.503 e. The number of hydrogen-bond donors (Lipinski definition) is 2. The molecular formula is C20H19F2N3O5. The summed E-state index contributed by atoms with van der Waals surface area (Å²) in [7, 11) is 0. The number of benzene rings is 1. The first-order valence-corrected chi connectivity index (χ1v) is 8.74. The van der Waals surface area contributed by atoms with Gasteiger partial charge in [-0.3, -0.25) is 14.4 Å². The predicted molar refractivity (Wildman–Crippen MR) is 99.9 cm³/mol. The van der Waals surface area contributed by atoms with Crippen LogP contribution in [0.15, 0.2) is 29.2 Å². The van der Waals surface area contributed by atoms with Gasteiger partial charge in [0.1, 0.15) is 17.2 Å². The van der Waals surface area contributed by atoms with Gasteiger partial charge >= 0.3 is 0 Å². The molecule has 158 valence electrons. The van der Waals surface area contributed by atoms with Gasteiger partial charge < -0.3 is 24.6 Å². The van der Waals surface area contributed by atoms with Crippen LogP contribution in [0, 0.1) is 11.6 Å². The number of aromatic hydroxyl groups is 1. The smallest absolute Gasteiger partial charge is 0.276 e. The number of pyridine rings is 1. The van der Waals surface area contributed by atoms with E-state index in [1.165, 1.54) is 6.92 Å². The van der Waals surface area contributed by atoms with Crippen molar-refractivity contribution in [2.24, 2.45) is 0 Å². The molecule has 1 aromatic heterocycles. The molecule has 2 aliphatic heterocycles.